The average molecular weight is 494 g/mol. The molecule has 3 aliphatic rings. The van der Waals surface area contributed by atoms with Gasteiger partial charge in [0.15, 0.2) is 0 Å². The van der Waals surface area contributed by atoms with Gasteiger partial charge in [-0.15, -0.1) is 0 Å². The molecule has 2 fully saturated rings. The first-order valence-corrected chi connectivity index (χ1v) is 13.1. The van der Waals surface area contributed by atoms with Crippen LogP contribution < -0.4 is 10.9 Å². The summed E-state index contributed by atoms with van der Waals surface area (Å²) >= 11 is 3.60. The van der Waals surface area contributed by atoms with Crippen LogP contribution in [0.4, 0.5) is 0 Å². The molecule has 1 aromatic heterocycles. The molecule has 1 aliphatic carbocycles. The SMILES string of the molecule is CC.O=c1nc2n(c3cccc(Br)c13)-c1cc(C3CCNCC3)ccc1C21CCCCC1. The number of aromatic nitrogens is 2. The Morgan fingerprint density at radius 3 is 2.56 bits per heavy atom. The van der Waals surface area contributed by atoms with Crippen molar-refractivity contribution in [2.24, 2.45) is 0 Å². The third-order valence-electron chi connectivity index (χ3n) is 7.59. The minimum atomic E-state index is -0.115. The largest absolute Gasteiger partial charge is 0.317 e. The summed E-state index contributed by atoms with van der Waals surface area (Å²) in [7, 11) is 0. The summed E-state index contributed by atoms with van der Waals surface area (Å²) in [4.78, 5) is 17.8. The monoisotopic (exact) mass is 493 g/mol. The molecule has 4 nitrogen and oxygen atoms in total. The summed E-state index contributed by atoms with van der Waals surface area (Å²) in [6.45, 7) is 6.18. The normalized spacial score (nSPS) is 19.3. The van der Waals surface area contributed by atoms with Crippen LogP contribution in [0.5, 0.6) is 0 Å². The molecule has 3 aromatic rings. The lowest BCUT2D eigenvalue weighted by atomic mass is 9.69. The number of fused-ring (bicyclic) bond motifs is 7. The van der Waals surface area contributed by atoms with E-state index in [9.17, 15) is 4.79 Å². The molecule has 0 radical (unpaired) electrons. The molecule has 1 spiro atoms. The number of hydrogen-bond donors (Lipinski definition) is 1. The molecular formula is C27H32BrN3O. The number of hydrogen-bond acceptors (Lipinski definition) is 3. The van der Waals surface area contributed by atoms with Gasteiger partial charge >= 0.3 is 0 Å². The average Bonchev–Trinajstić information content (AvgIpc) is 3.10. The highest BCUT2D eigenvalue weighted by molar-refractivity contribution is 9.10. The van der Waals surface area contributed by atoms with Crippen LogP contribution in [0.15, 0.2) is 45.7 Å². The molecule has 0 atom stereocenters. The molecule has 1 saturated heterocycles. The van der Waals surface area contributed by atoms with Gasteiger partial charge in [-0.25, -0.2) is 0 Å². The highest BCUT2D eigenvalue weighted by Gasteiger charge is 2.46. The van der Waals surface area contributed by atoms with Crippen molar-refractivity contribution in [2.45, 2.75) is 70.1 Å². The van der Waals surface area contributed by atoms with Gasteiger partial charge in [0, 0.05) is 4.47 Å². The van der Waals surface area contributed by atoms with E-state index >= 15 is 0 Å². The maximum absolute atomic E-state index is 13.1. The van der Waals surface area contributed by atoms with E-state index < -0.39 is 0 Å². The van der Waals surface area contributed by atoms with Crippen molar-refractivity contribution in [3.63, 3.8) is 0 Å². The Hall–Kier alpha value is -1.98. The van der Waals surface area contributed by atoms with Gasteiger partial charge in [0.2, 0.25) is 0 Å². The second-order valence-corrected chi connectivity index (χ2v) is 10.0. The fourth-order valence-electron chi connectivity index (χ4n) is 6.11. The Bertz CT molecular complexity index is 1200. The van der Waals surface area contributed by atoms with Crippen molar-refractivity contribution < 1.29 is 0 Å². The predicted molar refractivity (Wildman–Crippen MR) is 135 cm³/mol. The van der Waals surface area contributed by atoms with Gasteiger partial charge in [-0.1, -0.05) is 51.3 Å². The van der Waals surface area contributed by atoms with Gasteiger partial charge in [-0.3, -0.25) is 9.36 Å². The fourth-order valence-corrected chi connectivity index (χ4v) is 6.63. The molecule has 0 amide bonds. The molecule has 5 heteroatoms. The van der Waals surface area contributed by atoms with Crippen molar-refractivity contribution in [2.75, 3.05) is 13.1 Å². The van der Waals surface area contributed by atoms with E-state index in [2.05, 4.69) is 50.1 Å². The zero-order valence-corrected chi connectivity index (χ0v) is 20.7. The van der Waals surface area contributed by atoms with E-state index in [1.165, 1.54) is 48.9 Å². The molecular weight excluding hydrogens is 462 g/mol. The maximum atomic E-state index is 13.1. The minimum absolute atomic E-state index is 0.111. The van der Waals surface area contributed by atoms with Crippen LogP contribution in [-0.4, -0.2) is 22.6 Å². The number of rotatable bonds is 1. The molecule has 0 bridgehead atoms. The Kier molecular flexibility index (Phi) is 5.98. The predicted octanol–water partition coefficient (Wildman–Crippen LogP) is 6.21. The fraction of sp³-hybridized carbons (Fsp3) is 0.481. The first-order chi connectivity index (χ1) is 15.7. The van der Waals surface area contributed by atoms with Crippen LogP contribution in [0.25, 0.3) is 16.6 Å². The van der Waals surface area contributed by atoms with Crippen LogP contribution in [0.1, 0.15) is 81.7 Å². The first kappa shape index (κ1) is 21.8. The van der Waals surface area contributed by atoms with Gasteiger partial charge in [0.25, 0.3) is 5.56 Å². The van der Waals surface area contributed by atoms with Gasteiger partial charge in [-0.05, 0) is 89.9 Å². The number of benzene rings is 2. The minimum Gasteiger partial charge on any atom is -0.317 e. The quantitative estimate of drug-likeness (QED) is 0.438. The standard InChI is InChI=1S/C25H26BrN3O.C2H6/c26-19-5-4-6-20-22(19)23(30)28-24-25(11-2-1-3-12-25)18-8-7-17(15-21(18)29(20)24)16-9-13-27-14-10-16;1-2/h4-8,15-16,27H,1-3,9-14H2;1-2H3. The maximum Gasteiger partial charge on any atom is 0.281 e. The lowest BCUT2D eigenvalue weighted by Crippen LogP contribution is -2.32. The Morgan fingerprint density at radius 1 is 1.06 bits per heavy atom. The van der Waals surface area contributed by atoms with Gasteiger partial charge in [-0.2, -0.15) is 4.98 Å². The van der Waals surface area contributed by atoms with Crippen LogP contribution in [0, 0.1) is 0 Å². The van der Waals surface area contributed by atoms with Gasteiger partial charge in [0.1, 0.15) is 5.82 Å². The van der Waals surface area contributed by atoms with E-state index in [0.717, 1.165) is 41.7 Å². The third-order valence-corrected chi connectivity index (χ3v) is 8.25. The molecule has 0 unspecified atom stereocenters. The summed E-state index contributed by atoms with van der Waals surface area (Å²) in [6, 6.07) is 13.2. The van der Waals surface area contributed by atoms with Crippen molar-refractivity contribution in [1.82, 2.24) is 14.9 Å². The lowest BCUT2D eigenvalue weighted by Gasteiger charge is -2.33. The topological polar surface area (TPSA) is 46.9 Å². The molecule has 2 aliphatic heterocycles. The third kappa shape index (κ3) is 3.28. The van der Waals surface area contributed by atoms with E-state index in [4.69, 9.17) is 4.98 Å². The zero-order chi connectivity index (χ0) is 22.3. The smallest absolute Gasteiger partial charge is 0.281 e. The van der Waals surface area contributed by atoms with E-state index in [1.807, 2.05) is 26.0 Å². The van der Waals surface area contributed by atoms with E-state index in [-0.39, 0.29) is 11.0 Å². The van der Waals surface area contributed by atoms with Gasteiger partial charge < -0.3 is 5.32 Å². The van der Waals surface area contributed by atoms with Crippen LogP contribution in [0.2, 0.25) is 0 Å². The molecule has 32 heavy (non-hydrogen) atoms. The molecule has 168 valence electrons. The second kappa shape index (κ2) is 8.75. The molecule has 1 N–H and O–H groups in total. The molecule has 3 heterocycles. The van der Waals surface area contributed by atoms with E-state index in [0.29, 0.717) is 11.3 Å². The van der Waals surface area contributed by atoms with Crippen LogP contribution in [0.3, 0.4) is 0 Å². The zero-order valence-electron chi connectivity index (χ0n) is 19.1. The molecule has 1 saturated carbocycles. The van der Waals surface area contributed by atoms with Crippen molar-refractivity contribution in [3.05, 3.63) is 68.2 Å². The molecule has 2 aromatic carbocycles. The Morgan fingerprint density at radius 2 is 1.81 bits per heavy atom. The summed E-state index contributed by atoms with van der Waals surface area (Å²) in [5, 5.41) is 4.17. The highest BCUT2D eigenvalue weighted by Crippen LogP contribution is 2.52. The van der Waals surface area contributed by atoms with Crippen molar-refractivity contribution >= 4 is 26.8 Å². The number of nitrogens with zero attached hydrogens (tertiary/aromatic N) is 2. The van der Waals surface area contributed by atoms with Crippen LogP contribution >= 0.6 is 15.9 Å². The number of piperidine rings is 1. The van der Waals surface area contributed by atoms with Crippen molar-refractivity contribution in [1.29, 1.82) is 0 Å². The number of nitrogens with one attached hydrogen (secondary N) is 1. The summed E-state index contributed by atoms with van der Waals surface area (Å²) < 4.78 is 3.14. The number of halogens is 1. The van der Waals surface area contributed by atoms with Gasteiger partial charge in [0.05, 0.1) is 22.0 Å². The Balaban J connectivity index is 0.00000105. The Labute approximate surface area is 198 Å². The second-order valence-electron chi connectivity index (χ2n) is 9.15. The first-order valence-electron chi connectivity index (χ1n) is 12.3. The molecule has 6 rings (SSSR count). The summed E-state index contributed by atoms with van der Waals surface area (Å²) in [6.07, 6.45) is 8.20. The lowest BCUT2D eigenvalue weighted by molar-refractivity contribution is 0.338. The van der Waals surface area contributed by atoms with E-state index in [1.54, 1.807) is 0 Å². The summed E-state index contributed by atoms with van der Waals surface area (Å²) in [5.41, 5.74) is 4.80. The summed E-state index contributed by atoms with van der Waals surface area (Å²) in [5.74, 6) is 1.57. The highest BCUT2D eigenvalue weighted by atomic mass is 79.9. The van der Waals surface area contributed by atoms with Crippen LogP contribution in [-0.2, 0) is 5.41 Å². The van der Waals surface area contributed by atoms with Crippen molar-refractivity contribution in [3.8, 4) is 5.69 Å².